The summed E-state index contributed by atoms with van der Waals surface area (Å²) in [7, 11) is 0. The van der Waals surface area contributed by atoms with Gasteiger partial charge in [0.05, 0.1) is 13.2 Å². The lowest BCUT2D eigenvalue weighted by atomic mass is 10.0. The number of hydrogen-bond donors (Lipinski definition) is 0. The zero-order valence-corrected chi connectivity index (χ0v) is 36.7. The van der Waals surface area contributed by atoms with Crippen LogP contribution in [0.15, 0.2) is 18.2 Å². The molecule has 0 unspecified atom stereocenters. The van der Waals surface area contributed by atoms with E-state index in [9.17, 15) is 4.79 Å². The molecule has 3 heteroatoms. The van der Waals surface area contributed by atoms with Crippen molar-refractivity contribution in [1.82, 2.24) is 0 Å². The van der Waals surface area contributed by atoms with Crippen molar-refractivity contribution in [2.24, 2.45) is 0 Å². The molecule has 315 valence electrons. The maximum absolute atomic E-state index is 11.4. The second kappa shape index (κ2) is 42.6. The molecule has 0 N–H and O–H groups in total. The largest absolute Gasteiger partial charge is 0.493 e. The first kappa shape index (κ1) is 50.5. The molecule has 1 rings (SSSR count). The molecule has 0 aromatic heterocycles. The van der Waals surface area contributed by atoms with Gasteiger partial charge in [-0.3, -0.25) is 4.79 Å². The fourth-order valence-corrected chi connectivity index (χ4v) is 7.89. The first-order valence-corrected chi connectivity index (χ1v) is 24.6. The van der Waals surface area contributed by atoms with Gasteiger partial charge in [0.25, 0.3) is 0 Å². The van der Waals surface area contributed by atoms with E-state index in [0.29, 0.717) is 18.8 Å². The van der Waals surface area contributed by atoms with Crippen molar-refractivity contribution in [3.8, 4) is 11.5 Å². The highest BCUT2D eigenvalue weighted by atomic mass is 16.5. The van der Waals surface area contributed by atoms with Crippen LogP contribution in [0, 0.1) is 0 Å². The molecule has 0 aliphatic heterocycles. The van der Waals surface area contributed by atoms with Gasteiger partial charge < -0.3 is 9.47 Å². The normalized spacial score (nSPS) is 11.4. The van der Waals surface area contributed by atoms with E-state index in [4.69, 9.17) is 9.47 Å². The molecule has 0 spiro atoms. The Morgan fingerprint density at radius 2 is 0.519 bits per heavy atom. The lowest BCUT2D eigenvalue weighted by molar-refractivity contribution is 0.289. The van der Waals surface area contributed by atoms with Crippen molar-refractivity contribution in [2.75, 3.05) is 13.2 Å². The van der Waals surface area contributed by atoms with Gasteiger partial charge in [0.2, 0.25) is 6.29 Å². The Labute approximate surface area is 338 Å². The second-order valence-corrected chi connectivity index (χ2v) is 16.9. The van der Waals surface area contributed by atoms with Gasteiger partial charge in [-0.25, -0.2) is 0 Å². The van der Waals surface area contributed by atoms with Crippen molar-refractivity contribution in [3.63, 3.8) is 0 Å². The number of ether oxygens (including phenoxy) is 2. The zero-order chi connectivity index (χ0) is 38.7. The van der Waals surface area contributed by atoms with Crippen molar-refractivity contribution < 1.29 is 14.3 Å². The van der Waals surface area contributed by atoms with Crippen LogP contribution in [0.5, 0.6) is 11.5 Å². The number of carbonyl (C=O) groups excluding carboxylic acids is 1. The molecule has 1 radical (unpaired) electrons. The van der Waals surface area contributed by atoms with Gasteiger partial charge >= 0.3 is 0 Å². The average molecular weight is 754 g/mol. The first-order chi connectivity index (χ1) is 26.8. The summed E-state index contributed by atoms with van der Waals surface area (Å²) in [6.45, 7) is 5.98. The second-order valence-electron chi connectivity index (χ2n) is 16.9. The van der Waals surface area contributed by atoms with Crippen LogP contribution < -0.4 is 9.47 Å². The molecule has 0 aliphatic carbocycles. The zero-order valence-electron chi connectivity index (χ0n) is 36.7. The van der Waals surface area contributed by atoms with Crippen molar-refractivity contribution >= 4 is 6.29 Å². The minimum absolute atomic E-state index is 0.509. The molecule has 0 aliphatic rings. The highest BCUT2D eigenvalue weighted by Crippen LogP contribution is 2.24. The van der Waals surface area contributed by atoms with Gasteiger partial charge in [0.15, 0.2) is 0 Å². The standard InChI is InChI=1S/C51H93O3/c1-3-5-7-9-11-13-15-17-19-21-23-25-27-29-31-33-35-37-39-41-43-53-50-45-49(48-52)46-51(47-50)54-44-42-40-38-36-34-32-30-28-26-24-22-20-18-16-14-12-10-8-6-4-2/h45-47H,3-44H2,1-2H3. The topological polar surface area (TPSA) is 35.5 Å². The van der Waals surface area contributed by atoms with Crippen molar-refractivity contribution in [2.45, 2.75) is 271 Å². The number of unbranched alkanes of at least 4 members (excludes halogenated alkanes) is 38. The summed E-state index contributed by atoms with van der Waals surface area (Å²) < 4.78 is 12.0. The number of hydrogen-bond acceptors (Lipinski definition) is 3. The van der Waals surface area contributed by atoms with Crippen LogP contribution in [0.2, 0.25) is 0 Å². The summed E-state index contributed by atoms with van der Waals surface area (Å²) in [5.41, 5.74) is 0.509. The summed E-state index contributed by atoms with van der Waals surface area (Å²) in [5, 5.41) is 0. The monoisotopic (exact) mass is 754 g/mol. The van der Waals surface area contributed by atoms with Crippen LogP contribution >= 0.6 is 0 Å². The summed E-state index contributed by atoms with van der Waals surface area (Å²) in [6.07, 6.45) is 57.6. The Hall–Kier alpha value is -1.51. The Morgan fingerprint density at radius 3 is 0.722 bits per heavy atom. The van der Waals surface area contributed by atoms with E-state index in [0.717, 1.165) is 24.3 Å². The molecule has 54 heavy (non-hydrogen) atoms. The quantitative estimate of drug-likeness (QED) is 0.0622. The van der Waals surface area contributed by atoms with Crippen molar-refractivity contribution in [1.29, 1.82) is 0 Å². The van der Waals surface area contributed by atoms with Gasteiger partial charge in [0, 0.05) is 11.6 Å². The van der Waals surface area contributed by atoms with Crippen LogP contribution in [0.3, 0.4) is 0 Å². The van der Waals surface area contributed by atoms with Crippen LogP contribution in [-0.2, 0) is 4.79 Å². The highest BCUT2D eigenvalue weighted by molar-refractivity contribution is 5.77. The first-order valence-electron chi connectivity index (χ1n) is 24.6. The minimum atomic E-state index is 0.509. The van der Waals surface area contributed by atoms with Gasteiger partial charge in [-0.15, -0.1) is 0 Å². The molecular weight excluding hydrogens is 661 g/mol. The van der Waals surface area contributed by atoms with E-state index in [1.165, 1.54) is 244 Å². The molecular formula is C51H93O3. The fraction of sp³-hybridized carbons (Fsp3) is 0.863. The van der Waals surface area contributed by atoms with Crippen LogP contribution in [0.1, 0.15) is 276 Å². The Balaban J connectivity index is 1.89. The third-order valence-electron chi connectivity index (χ3n) is 11.5. The molecule has 0 heterocycles. The van der Waals surface area contributed by atoms with E-state index < -0.39 is 0 Å². The van der Waals surface area contributed by atoms with Gasteiger partial charge in [-0.1, -0.05) is 258 Å². The smallest absolute Gasteiger partial charge is 0.233 e. The van der Waals surface area contributed by atoms with Crippen LogP contribution in [-0.4, -0.2) is 19.5 Å². The number of benzene rings is 1. The Kier molecular flexibility index (Phi) is 39.9. The molecule has 1 aromatic carbocycles. The Morgan fingerprint density at radius 1 is 0.315 bits per heavy atom. The maximum atomic E-state index is 11.4. The molecule has 0 bridgehead atoms. The molecule has 0 fully saturated rings. The average Bonchev–Trinajstić information content (AvgIpc) is 3.19. The van der Waals surface area contributed by atoms with Gasteiger partial charge in [-0.05, 0) is 25.0 Å². The summed E-state index contributed by atoms with van der Waals surface area (Å²) in [6, 6.07) is 5.51. The van der Waals surface area contributed by atoms with Crippen molar-refractivity contribution in [3.05, 3.63) is 23.8 Å². The predicted octanol–water partition coefficient (Wildman–Crippen LogP) is 17.5. The summed E-state index contributed by atoms with van der Waals surface area (Å²) >= 11 is 0. The van der Waals surface area contributed by atoms with Gasteiger partial charge in [0.1, 0.15) is 11.5 Å². The lowest BCUT2D eigenvalue weighted by Gasteiger charge is -2.11. The fourth-order valence-electron chi connectivity index (χ4n) is 7.89. The van der Waals surface area contributed by atoms with Crippen LogP contribution in [0.25, 0.3) is 0 Å². The maximum Gasteiger partial charge on any atom is 0.233 e. The number of rotatable bonds is 45. The van der Waals surface area contributed by atoms with E-state index in [2.05, 4.69) is 13.8 Å². The molecule has 3 nitrogen and oxygen atoms in total. The summed E-state index contributed by atoms with van der Waals surface area (Å²) in [4.78, 5) is 11.4. The van der Waals surface area contributed by atoms with Crippen LogP contribution in [0.4, 0.5) is 0 Å². The minimum Gasteiger partial charge on any atom is -0.493 e. The highest BCUT2D eigenvalue weighted by Gasteiger charge is 2.05. The SMILES string of the molecule is CCCCCCCCCCCCCCCCCCCCCCOc1cc([C]=O)cc(OCCCCCCCCCCCCCCCCCCCCCC)c1. The molecule has 0 atom stereocenters. The lowest BCUT2D eigenvalue weighted by Crippen LogP contribution is -2.01. The third kappa shape index (κ3) is 36.1. The van der Waals surface area contributed by atoms with E-state index in [1.807, 2.05) is 12.4 Å². The van der Waals surface area contributed by atoms with E-state index in [-0.39, 0.29) is 0 Å². The molecule has 1 aromatic rings. The van der Waals surface area contributed by atoms with E-state index >= 15 is 0 Å². The Bertz CT molecular complexity index is 817. The predicted molar refractivity (Wildman–Crippen MR) is 238 cm³/mol. The summed E-state index contributed by atoms with van der Waals surface area (Å²) in [5.74, 6) is 1.46. The van der Waals surface area contributed by atoms with E-state index in [1.54, 1.807) is 12.1 Å². The third-order valence-corrected chi connectivity index (χ3v) is 11.5. The molecule has 0 saturated heterocycles. The van der Waals surface area contributed by atoms with Gasteiger partial charge in [-0.2, -0.15) is 0 Å². The molecule has 0 saturated carbocycles. The molecule has 0 amide bonds.